The Hall–Kier alpha value is -0.900. The highest BCUT2D eigenvalue weighted by Gasteiger charge is 2.16. The van der Waals surface area contributed by atoms with Gasteiger partial charge in [0.2, 0.25) is 0 Å². The maximum absolute atomic E-state index is 6.09. The van der Waals surface area contributed by atoms with Gasteiger partial charge in [0, 0.05) is 28.6 Å². The van der Waals surface area contributed by atoms with E-state index in [0.29, 0.717) is 5.92 Å². The average molecular weight is 323 g/mol. The van der Waals surface area contributed by atoms with Gasteiger partial charge < -0.3 is 5.32 Å². The molecule has 0 bridgehead atoms. The zero-order valence-electron chi connectivity index (χ0n) is 12.9. The van der Waals surface area contributed by atoms with Crippen molar-refractivity contribution in [2.45, 2.75) is 39.2 Å². The highest BCUT2D eigenvalue weighted by atomic mass is 35.5. The van der Waals surface area contributed by atoms with E-state index in [0.717, 1.165) is 24.4 Å². The van der Waals surface area contributed by atoms with Crippen LogP contribution in [-0.2, 0) is 12.8 Å². The van der Waals surface area contributed by atoms with Crippen LogP contribution in [0, 0.1) is 5.92 Å². The second kappa shape index (κ2) is 7.39. The number of hydrogen-bond donors (Lipinski definition) is 1. The highest BCUT2D eigenvalue weighted by Crippen LogP contribution is 2.19. The van der Waals surface area contributed by atoms with Crippen molar-refractivity contribution in [3.8, 4) is 0 Å². The third-order valence-corrected chi connectivity index (χ3v) is 4.32. The minimum Gasteiger partial charge on any atom is -0.312 e. The lowest BCUT2D eigenvalue weighted by Gasteiger charge is -2.25. The summed E-state index contributed by atoms with van der Waals surface area (Å²) in [4.78, 5) is 4.42. The molecule has 21 heavy (non-hydrogen) atoms. The predicted molar refractivity (Wildman–Crippen MR) is 92.2 cm³/mol. The first kappa shape index (κ1) is 16.5. The molecule has 1 unspecified atom stereocenters. The summed E-state index contributed by atoms with van der Waals surface area (Å²) in [5.41, 5.74) is 1.43. The molecule has 0 radical (unpaired) electrons. The topological polar surface area (TPSA) is 24.9 Å². The summed E-state index contributed by atoms with van der Waals surface area (Å²) in [7, 11) is 0. The summed E-state index contributed by atoms with van der Waals surface area (Å²) >= 11 is 7.83. The molecule has 1 atom stereocenters. The van der Waals surface area contributed by atoms with E-state index >= 15 is 0 Å². The van der Waals surface area contributed by atoms with Crippen LogP contribution in [0.25, 0.3) is 0 Å². The van der Waals surface area contributed by atoms with Crippen molar-refractivity contribution >= 4 is 22.9 Å². The van der Waals surface area contributed by atoms with E-state index in [9.17, 15) is 0 Å². The minimum absolute atomic E-state index is 0.134. The number of benzene rings is 1. The van der Waals surface area contributed by atoms with Gasteiger partial charge in [-0.3, -0.25) is 0 Å². The first-order valence-corrected chi connectivity index (χ1v) is 8.56. The Balaban J connectivity index is 2.03. The lowest BCUT2D eigenvalue weighted by molar-refractivity contribution is 0.367. The van der Waals surface area contributed by atoms with E-state index < -0.39 is 0 Å². The number of thiazole rings is 1. The van der Waals surface area contributed by atoms with E-state index in [2.05, 4.69) is 43.2 Å². The number of halogens is 1. The van der Waals surface area contributed by atoms with Gasteiger partial charge in [-0.25, -0.2) is 4.98 Å². The maximum Gasteiger partial charge on any atom is 0.0928 e. The Labute approximate surface area is 136 Å². The van der Waals surface area contributed by atoms with Crippen molar-refractivity contribution < 1.29 is 0 Å². The summed E-state index contributed by atoms with van der Waals surface area (Å²) in [6, 6.07) is 8.16. The molecule has 0 saturated carbocycles. The standard InChI is InChI=1S/C17H23ClN2S/c1-17(2,3)20-12-14(11-16-19-7-8-21-16)9-13-5-4-6-15(18)10-13/h4-8,10,14,20H,9,11-12H2,1-3H3. The average Bonchev–Trinajstić information content (AvgIpc) is 2.88. The van der Waals surface area contributed by atoms with E-state index in [1.165, 1.54) is 10.6 Å². The monoisotopic (exact) mass is 322 g/mol. The molecule has 2 aromatic rings. The van der Waals surface area contributed by atoms with Crippen LogP contribution in [0.4, 0.5) is 0 Å². The quantitative estimate of drug-likeness (QED) is 0.841. The lowest BCUT2D eigenvalue weighted by Crippen LogP contribution is -2.40. The molecule has 4 heteroatoms. The summed E-state index contributed by atoms with van der Waals surface area (Å²) in [6.07, 6.45) is 3.91. The molecule has 0 spiro atoms. The summed E-state index contributed by atoms with van der Waals surface area (Å²) in [5.74, 6) is 0.522. The van der Waals surface area contributed by atoms with Crippen molar-refractivity contribution in [2.75, 3.05) is 6.54 Å². The van der Waals surface area contributed by atoms with Gasteiger partial charge in [-0.1, -0.05) is 23.7 Å². The van der Waals surface area contributed by atoms with E-state index in [4.69, 9.17) is 11.6 Å². The second-order valence-electron chi connectivity index (χ2n) is 6.46. The molecular formula is C17H23ClN2S. The summed E-state index contributed by atoms with van der Waals surface area (Å²) < 4.78 is 0. The Kier molecular flexibility index (Phi) is 5.80. The lowest BCUT2D eigenvalue weighted by atomic mass is 9.95. The van der Waals surface area contributed by atoms with Crippen LogP contribution in [0.3, 0.4) is 0 Å². The zero-order chi connectivity index (χ0) is 15.3. The van der Waals surface area contributed by atoms with E-state index in [1.807, 2.05) is 23.7 Å². The molecule has 1 aromatic carbocycles. The number of rotatable bonds is 6. The fourth-order valence-corrected chi connectivity index (χ4v) is 3.21. The fourth-order valence-electron chi connectivity index (χ4n) is 2.27. The fraction of sp³-hybridized carbons (Fsp3) is 0.471. The molecular weight excluding hydrogens is 300 g/mol. The molecule has 2 nitrogen and oxygen atoms in total. The molecule has 0 aliphatic carbocycles. The van der Waals surface area contributed by atoms with Gasteiger partial charge in [0.25, 0.3) is 0 Å². The van der Waals surface area contributed by atoms with Crippen LogP contribution in [-0.4, -0.2) is 17.1 Å². The molecule has 0 saturated heterocycles. The molecule has 1 N–H and O–H groups in total. The second-order valence-corrected chi connectivity index (χ2v) is 7.88. The largest absolute Gasteiger partial charge is 0.312 e. The van der Waals surface area contributed by atoms with Gasteiger partial charge in [-0.05, 0) is 57.4 Å². The Morgan fingerprint density at radius 3 is 2.71 bits per heavy atom. The van der Waals surface area contributed by atoms with Gasteiger partial charge in [0.05, 0.1) is 5.01 Å². The third-order valence-electron chi connectivity index (χ3n) is 3.28. The molecule has 0 aliphatic rings. The van der Waals surface area contributed by atoms with Crippen molar-refractivity contribution in [3.05, 3.63) is 51.4 Å². The molecule has 114 valence electrons. The Morgan fingerprint density at radius 2 is 2.10 bits per heavy atom. The predicted octanol–water partition coefficient (Wildman–Crippen LogP) is 4.59. The number of nitrogens with one attached hydrogen (secondary N) is 1. The van der Waals surface area contributed by atoms with Gasteiger partial charge in [0.15, 0.2) is 0 Å². The Morgan fingerprint density at radius 1 is 1.29 bits per heavy atom. The van der Waals surface area contributed by atoms with Crippen LogP contribution >= 0.6 is 22.9 Å². The first-order valence-electron chi connectivity index (χ1n) is 7.30. The van der Waals surface area contributed by atoms with Crippen molar-refractivity contribution in [1.29, 1.82) is 0 Å². The molecule has 0 amide bonds. The number of hydrogen-bond acceptors (Lipinski definition) is 3. The van der Waals surface area contributed by atoms with E-state index in [-0.39, 0.29) is 5.54 Å². The summed E-state index contributed by atoms with van der Waals surface area (Å²) in [6.45, 7) is 7.59. The van der Waals surface area contributed by atoms with Gasteiger partial charge in [0.1, 0.15) is 0 Å². The highest BCUT2D eigenvalue weighted by molar-refractivity contribution is 7.09. The third kappa shape index (κ3) is 6.16. The van der Waals surface area contributed by atoms with Crippen LogP contribution in [0.1, 0.15) is 31.3 Å². The normalized spacial score (nSPS) is 13.3. The smallest absolute Gasteiger partial charge is 0.0928 e. The van der Waals surface area contributed by atoms with Crippen LogP contribution in [0.15, 0.2) is 35.8 Å². The molecule has 0 aliphatic heterocycles. The maximum atomic E-state index is 6.09. The number of aromatic nitrogens is 1. The molecule has 1 aromatic heterocycles. The van der Waals surface area contributed by atoms with E-state index in [1.54, 1.807) is 11.3 Å². The number of nitrogens with zero attached hydrogens (tertiary/aromatic N) is 1. The van der Waals surface area contributed by atoms with Gasteiger partial charge in [-0.2, -0.15) is 0 Å². The van der Waals surface area contributed by atoms with Crippen molar-refractivity contribution in [3.63, 3.8) is 0 Å². The first-order chi connectivity index (χ1) is 9.92. The van der Waals surface area contributed by atoms with Crippen LogP contribution in [0.5, 0.6) is 0 Å². The van der Waals surface area contributed by atoms with Crippen molar-refractivity contribution in [1.82, 2.24) is 10.3 Å². The molecule has 2 rings (SSSR count). The molecule has 1 heterocycles. The Bertz CT molecular complexity index is 546. The molecule has 0 fully saturated rings. The van der Waals surface area contributed by atoms with Crippen molar-refractivity contribution in [2.24, 2.45) is 5.92 Å². The zero-order valence-corrected chi connectivity index (χ0v) is 14.5. The van der Waals surface area contributed by atoms with Crippen LogP contribution in [0.2, 0.25) is 5.02 Å². The van der Waals surface area contributed by atoms with Crippen LogP contribution < -0.4 is 5.32 Å². The minimum atomic E-state index is 0.134. The van der Waals surface area contributed by atoms with Gasteiger partial charge in [-0.15, -0.1) is 11.3 Å². The SMILES string of the molecule is CC(C)(C)NCC(Cc1cccc(Cl)c1)Cc1nccs1. The van der Waals surface area contributed by atoms with Gasteiger partial charge >= 0.3 is 0 Å². The summed E-state index contributed by atoms with van der Waals surface area (Å²) in [5, 5.41) is 7.67.